The van der Waals surface area contributed by atoms with Crippen molar-refractivity contribution >= 4 is 62.1 Å². The number of nitrogens with one attached hydrogen (secondary N) is 1. The molecule has 0 atom stereocenters. The van der Waals surface area contributed by atoms with E-state index in [-0.39, 0.29) is 5.91 Å². The summed E-state index contributed by atoms with van der Waals surface area (Å²) in [4.78, 5) is 17.5. The third kappa shape index (κ3) is 5.09. The molecule has 1 saturated heterocycles. The topological polar surface area (TPSA) is 59.9 Å². The van der Waals surface area contributed by atoms with E-state index >= 15 is 0 Å². The molecule has 1 heterocycles. The number of amides is 1. The van der Waals surface area contributed by atoms with E-state index in [0.717, 1.165) is 26.9 Å². The van der Waals surface area contributed by atoms with Crippen molar-refractivity contribution in [3.8, 4) is 11.5 Å². The van der Waals surface area contributed by atoms with Crippen molar-refractivity contribution in [2.45, 2.75) is 13.8 Å². The number of amidine groups is 1. The number of aliphatic imine (C=N–C) groups is 1. The van der Waals surface area contributed by atoms with Crippen molar-refractivity contribution in [1.29, 1.82) is 0 Å². The smallest absolute Gasteiger partial charge is 0.264 e. The molecule has 1 amide bonds. The maximum Gasteiger partial charge on any atom is 0.264 e. The van der Waals surface area contributed by atoms with E-state index < -0.39 is 0 Å². The van der Waals surface area contributed by atoms with Crippen molar-refractivity contribution in [1.82, 2.24) is 5.32 Å². The van der Waals surface area contributed by atoms with Crippen LogP contribution in [0.5, 0.6) is 11.5 Å². The first-order valence-corrected chi connectivity index (χ1v) is 11.0. The Balaban J connectivity index is 1.88. The van der Waals surface area contributed by atoms with Crippen LogP contribution < -0.4 is 14.8 Å². The largest absolute Gasteiger partial charge is 0.493 e. The molecule has 156 valence electrons. The molecule has 1 aliphatic rings. The highest BCUT2D eigenvalue weighted by Gasteiger charge is 2.24. The monoisotopic (exact) mass is 506 g/mol. The van der Waals surface area contributed by atoms with Crippen molar-refractivity contribution in [3.05, 3.63) is 68.0 Å². The maximum absolute atomic E-state index is 12.4. The Morgan fingerprint density at radius 2 is 1.97 bits per heavy atom. The van der Waals surface area contributed by atoms with Crippen molar-refractivity contribution < 1.29 is 14.3 Å². The van der Waals surface area contributed by atoms with Gasteiger partial charge in [0.05, 0.1) is 22.7 Å². The molecular weight excluding hydrogens is 488 g/mol. The minimum atomic E-state index is -0.216. The second-order valence-electron chi connectivity index (χ2n) is 6.51. The Labute approximate surface area is 193 Å². The lowest BCUT2D eigenvalue weighted by atomic mass is 10.1. The number of hydrogen-bond acceptors (Lipinski definition) is 5. The third-order valence-electron chi connectivity index (χ3n) is 4.20. The number of methoxy groups -OCH3 is 1. The molecule has 0 aromatic heterocycles. The van der Waals surface area contributed by atoms with Crippen LogP contribution in [0, 0.1) is 13.8 Å². The number of ether oxygens (including phenoxy) is 2. The Kier molecular flexibility index (Phi) is 7.28. The Morgan fingerprint density at radius 3 is 2.60 bits per heavy atom. The summed E-state index contributed by atoms with van der Waals surface area (Å²) in [5, 5.41) is 3.72. The zero-order valence-electron chi connectivity index (χ0n) is 16.7. The van der Waals surface area contributed by atoms with Gasteiger partial charge in [0.2, 0.25) is 0 Å². The van der Waals surface area contributed by atoms with E-state index in [1.54, 1.807) is 24.3 Å². The van der Waals surface area contributed by atoms with Crippen LogP contribution >= 0.6 is 39.3 Å². The van der Waals surface area contributed by atoms with E-state index in [2.05, 4.69) is 32.8 Å². The molecule has 0 spiro atoms. The molecule has 1 fully saturated rings. The van der Waals surface area contributed by atoms with Crippen LogP contribution in [0.1, 0.15) is 16.7 Å². The van der Waals surface area contributed by atoms with Gasteiger partial charge in [0, 0.05) is 4.47 Å². The molecule has 8 heteroatoms. The van der Waals surface area contributed by atoms with Crippen LogP contribution in [-0.2, 0) is 4.79 Å². The van der Waals surface area contributed by atoms with E-state index in [4.69, 9.17) is 21.1 Å². The fraction of sp³-hybridized carbons (Fsp3) is 0.182. The lowest BCUT2D eigenvalue weighted by Crippen LogP contribution is -2.19. The Morgan fingerprint density at radius 1 is 1.27 bits per heavy atom. The summed E-state index contributed by atoms with van der Waals surface area (Å²) >= 11 is 11.2. The Hall–Kier alpha value is -2.22. The number of nitrogens with zero attached hydrogens (tertiary/aromatic N) is 1. The molecular formula is C22H20BrClN2O3S. The second kappa shape index (κ2) is 9.73. The van der Waals surface area contributed by atoms with Crippen LogP contribution in [0.15, 0.2) is 51.3 Å². The molecule has 0 unspecified atom stereocenters. The molecule has 1 aliphatic heterocycles. The third-order valence-corrected chi connectivity index (χ3v) is 6.64. The summed E-state index contributed by atoms with van der Waals surface area (Å²) in [6, 6.07) is 7.41. The highest BCUT2D eigenvalue weighted by atomic mass is 79.9. The standard InChI is InChI=1S/C22H20BrClN2O3S/c1-5-6-29-20-16(24)9-14(10-17(20)28-4)11-18-21(27)26-22(30-18)25-15-7-12(2)19(23)13(3)8-15/h5,7-11H,1,6H2,2-4H3,(H,25,26,27)/b18-11-. The first-order chi connectivity index (χ1) is 14.3. The van der Waals surface area contributed by atoms with Gasteiger partial charge in [0.15, 0.2) is 16.7 Å². The lowest BCUT2D eigenvalue weighted by Gasteiger charge is -2.12. The molecule has 30 heavy (non-hydrogen) atoms. The van der Waals surface area contributed by atoms with Gasteiger partial charge in [-0.05, 0) is 72.6 Å². The molecule has 0 radical (unpaired) electrons. The van der Waals surface area contributed by atoms with Crippen molar-refractivity contribution in [2.75, 3.05) is 13.7 Å². The molecule has 1 N–H and O–H groups in total. The predicted molar refractivity (Wildman–Crippen MR) is 128 cm³/mol. The molecule has 2 aromatic rings. The summed E-state index contributed by atoms with van der Waals surface area (Å²) in [6.07, 6.45) is 3.37. The van der Waals surface area contributed by atoms with Gasteiger partial charge in [-0.2, -0.15) is 0 Å². The minimum Gasteiger partial charge on any atom is -0.493 e. The SMILES string of the molecule is C=CCOc1c(Cl)cc(/C=C2\SC(=Nc3cc(C)c(Br)c(C)c3)NC2=O)cc1OC. The van der Waals surface area contributed by atoms with E-state index in [1.165, 1.54) is 18.9 Å². The average molecular weight is 508 g/mol. The normalized spacial score (nSPS) is 16.1. The van der Waals surface area contributed by atoms with Crippen LogP contribution in [0.4, 0.5) is 5.69 Å². The van der Waals surface area contributed by atoms with Gasteiger partial charge in [0.1, 0.15) is 6.61 Å². The zero-order valence-corrected chi connectivity index (χ0v) is 19.9. The number of halogens is 2. The van der Waals surface area contributed by atoms with Crippen molar-refractivity contribution in [3.63, 3.8) is 0 Å². The summed E-state index contributed by atoms with van der Waals surface area (Å²) in [5.41, 5.74) is 3.67. The summed E-state index contributed by atoms with van der Waals surface area (Å²) in [7, 11) is 1.54. The molecule has 0 aliphatic carbocycles. The molecule has 3 rings (SSSR count). The van der Waals surface area contributed by atoms with Gasteiger partial charge in [-0.15, -0.1) is 0 Å². The highest BCUT2D eigenvalue weighted by molar-refractivity contribution is 9.10. The fourth-order valence-corrected chi connectivity index (χ4v) is 4.19. The fourth-order valence-electron chi connectivity index (χ4n) is 2.84. The number of carbonyl (C=O) groups excluding carboxylic acids is 1. The number of rotatable bonds is 6. The number of benzene rings is 2. The first kappa shape index (κ1) is 22.5. The van der Waals surface area contributed by atoms with E-state index in [1.807, 2.05) is 26.0 Å². The summed E-state index contributed by atoms with van der Waals surface area (Å²) in [5.74, 6) is 0.702. The van der Waals surface area contributed by atoms with Crippen molar-refractivity contribution in [2.24, 2.45) is 4.99 Å². The second-order valence-corrected chi connectivity index (χ2v) is 8.74. The zero-order chi connectivity index (χ0) is 21.8. The lowest BCUT2D eigenvalue weighted by molar-refractivity contribution is -0.115. The van der Waals surface area contributed by atoms with Gasteiger partial charge in [0.25, 0.3) is 5.91 Å². The van der Waals surface area contributed by atoms with Gasteiger partial charge in [-0.3, -0.25) is 4.79 Å². The highest BCUT2D eigenvalue weighted by Crippen LogP contribution is 2.38. The van der Waals surface area contributed by atoms with Crippen LogP contribution in [0.2, 0.25) is 5.02 Å². The maximum atomic E-state index is 12.4. The van der Waals surface area contributed by atoms with Gasteiger partial charge in [-0.25, -0.2) is 4.99 Å². The molecule has 0 bridgehead atoms. The Bertz CT molecular complexity index is 1060. The van der Waals surface area contributed by atoms with Crippen LogP contribution in [0.25, 0.3) is 6.08 Å². The molecule has 2 aromatic carbocycles. The first-order valence-electron chi connectivity index (χ1n) is 9.00. The quantitative estimate of drug-likeness (QED) is 0.374. The number of thioether (sulfide) groups is 1. The number of aryl methyl sites for hydroxylation is 2. The van der Waals surface area contributed by atoms with Gasteiger partial charge in [-0.1, -0.05) is 40.2 Å². The van der Waals surface area contributed by atoms with Gasteiger partial charge >= 0.3 is 0 Å². The number of hydrogen-bond donors (Lipinski definition) is 1. The predicted octanol–water partition coefficient (Wildman–Crippen LogP) is 6.18. The summed E-state index contributed by atoms with van der Waals surface area (Å²) in [6.45, 7) is 7.95. The minimum absolute atomic E-state index is 0.216. The molecule has 5 nitrogen and oxygen atoms in total. The van der Waals surface area contributed by atoms with Crippen LogP contribution in [-0.4, -0.2) is 24.8 Å². The average Bonchev–Trinajstić information content (AvgIpc) is 3.03. The molecule has 0 saturated carbocycles. The van der Waals surface area contributed by atoms with Gasteiger partial charge < -0.3 is 14.8 Å². The number of carbonyl (C=O) groups is 1. The van der Waals surface area contributed by atoms with Crippen LogP contribution in [0.3, 0.4) is 0 Å². The summed E-state index contributed by atoms with van der Waals surface area (Å²) < 4.78 is 12.0. The van der Waals surface area contributed by atoms with E-state index in [0.29, 0.717) is 33.2 Å². The van der Waals surface area contributed by atoms with E-state index in [9.17, 15) is 4.79 Å².